The number of halogens is 2. The van der Waals surface area contributed by atoms with E-state index in [-0.39, 0.29) is 23.8 Å². The zero-order valence-electron chi connectivity index (χ0n) is 16.2. The van der Waals surface area contributed by atoms with Crippen LogP contribution < -0.4 is 14.8 Å². The average Bonchev–Trinajstić information content (AvgIpc) is 3.23. The number of nitro benzene ring substituents is 1. The van der Waals surface area contributed by atoms with E-state index in [0.717, 1.165) is 0 Å². The van der Waals surface area contributed by atoms with Gasteiger partial charge in [-0.3, -0.25) is 10.1 Å². The zero-order valence-corrected chi connectivity index (χ0v) is 16.2. The van der Waals surface area contributed by atoms with Gasteiger partial charge in [0.1, 0.15) is 12.4 Å². The molecule has 1 N–H and O–H groups in total. The van der Waals surface area contributed by atoms with E-state index >= 15 is 0 Å². The van der Waals surface area contributed by atoms with Crippen LogP contribution in [0.1, 0.15) is 24.1 Å². The van der Waals surface area contributed by atoms with E-state index in [4.69, 9.17) is 4.74 Å². The van der Waals surface area contributed by atoms with Crippen LogP contribution in [0, 0.1) is 10.1 Å². The quantitative estimate of drug-likeness (QED) is 0.442. The fourth-order valence-electron chi connectivity index (χ4n) is 3.30. The summed E-state index contributed by atoms with van der Waals surface area (Å²) in [6.07, 6.45) is 3.19. The summed E-state index contributed by atoms with van der Waals surface area (Å²) in [6, 6.07) is 10.4. The van der Waals surface area contributed by atoms with E-state index in [1.54, 1.807) is 35.9 Å². The highest BCUT2D eigenvalue weighted by Crippen LogP contribution is 2.37. The Bertz CT molecular complexity index is 1150. The molecule has 9 nitrogen and oxygen atoms in total. The lowest BCUT2D eigenvalue weighted by Crippen LogP contribution is -2.20. The van der Waals surface area contributed by atoms with Crippen molar-refractivity contribution in [2.24, 2.45) is 0 Å². The van der Waals surface area contributed by atoms with Gasteiger partial charge in [0, 0.05) is 23.4 Å². The van der Waals surface area contributed by atoms with Crippen molar-refractivity contribution in [3.8, 4) is 11.5 Å². The molecule has 0 bridgehead atoms. The molecule has 4 rings (SSSR count). The second-order valence-electron chi connectivity index (χ2n) is 6.50. The number of hydrogen-bond donors (Lipinski definition) is 1. The summed E-state index contributed by atoms with van der Waals surface area (Å²) in [6.45, 7) is -0.983. The monoisotopic (exact) mass is 429 g/mol. The summed E-state index contributed by atoms with van der Waals surface area (Å²) in [5.74, 6) is 0.530. The Labute approximate surface area is 175 Å². The van der Waals surface area contributed by atoms with Crippen LogP contribution in [0.4, 0.5) is 20.4 Å². The molecule has 0 aliphatic carbocycles. The molecule has 0 spiro atoms. The van der Waals surface area contributed by atoms with Gasteiger partial charge in [0.05, 0.1) is 11.5 Å². The Hall–Kier alpha value is -4.02. The fourth-order valence-corrected chi connectivity index (χ4v) is 3.30. The minimum Gasteiger partial charge on any atom is -0.490 e. The zero-order chi connectivity index (χ0) is 22.0. The van der Waals surface area contributed by atoms with Crippen molar-refractivity contribution in [2.45, 2.75) is 19.6 Å². The Kier molecular flexibility index (Phi) is 5.48. The standard InChI is InChI=1S/C20H17F2N5O4/c1-2-30-18-9-13(6-7-17(18)31-19(21)22)16-10-15(25-20-23-11-24-26(16)20)12-4-3-5-14(8-12)27(28)29/h3-11,16,19H,2H2,1H3,(H,23,24,25)/t16-/m0/s1. The van der Waals surface area contributed by atoms with Gasteiger partial charge in [0.25, 0.3) is 5.69 Å². The Morgan fingerprint density at radius 1 is 1.26 bits per heavy atom. The Morgan fingerprint density at radius 2 is 2.10 bits per heavy atom. The van der Waals surface area contributed by atoms with Crippen LogP contribution in [0.5, 0.6) is 11.5 Å². The number of allylic oxidation sites excluding steroid dienone is 1. The number of aromatic nitrogens is 3. The third-order valence-electron chi connectivity index (χ3n) is 4.60. The molecule has 2 aromatic carbocycles. The highest BCUT2D eigenvalue weighted by Gasteiger charge is 2.25. The number of nitrogens with zero attached hydrogens (tertiary/aromatic N) is 4. The second-order valence-corrected chi connectivity index (χ2v) is 6.50. The van der Waals surface area contributed by atoms with Crippen LogP contribution in [0.25, 0.3) is 5.70 Å². The number of hydrogen-bond acceptors (Lipinski definition) is 7. The van der Waals surface area contributed by atoms with Crippen LogP contribution in [0.15, 0.2) is 54.9 Å². The molecule has 11 heteroatoms. The van der Waals surface area contributed by atoms with Crippen molar-refractivity contribution in [2.75, 3.05) is 11.9 Å². The number of non-ortho nitro benzene ring substituents is 1. The van der Waals surface area contributed by atoms with Crippen molar-refractivity contribution < 1.29 is 23.2 Å². The van der Waals surface area contributed by atoms with Gasteiger partial charge in [-0.2, -0.15) is 18.9 Å². The molecule has 1 aliphatic heterocycles. The third kappa shape index (κ3) is 4.15. The predicted octanol–water partition coefficient (Wildman–Crippen LogP) is 4.24. The summed E-state index contributed by atoms with van der Waals surface area (Å²) < 4.78 is 37.1. The van der Waals surface area contributed by atoms with E-state index in [0.29, 0.717) is 22.8 Å². The highest BCUT2D eigenvalue weighted by molar-refractivity contribution is 5.78. The molecule has 0 saturated heterocycles. The van der Waals surface area contributed by atoms with Gasteiger partial charge in [0.2, 0.25) is 5.95 Å². The van der Waals surface area contributed by atoms with E-state index in [1.807, 2.05) is 6.08 Å². The van der Waals surface area contributed by atoms with Crippen molar-refractivity contribution in [3.05, 3.63) is 76.1 Å². The molecule has 31 heavy (non-hydrogen) atoms. The van der Waals surface area contributed by atoms with Gasteiger partial charge in [-0.15, -0.1) is 0 Å². The molecule has 0 unspecified atom stereocenters. The number of ether oxygens (including phenoxy) is 2. The SMILES string of the molecule is CCOc1cc([C@@H]2C=C(c3cccc([N+](=O)[O-])c3)Nc3ncnn32)ccc1OC(F)F. The van der Waals surface area contributed by atoms with Gasteiger partial charge < -0.3 is 14.8 Å². The van der Waals surface area contributed by atoms with Crippen LogP contribution in [0.2, 0.25) is 0 Å². The molecule has 0 radical (unpaired) electrons. The maximum Gasteiger partial charge on any atom is 0.387 e. The van der Waals surface area contributed by atoms with Crippen LogP contribution in [-0.2, 0) is 0 Å². The Balaban J connectivity index is 1.77. The predicted molar refractivity (Wildman–Crippen MR) is 107 cm³/mol. The lowest BCUT2D eigenvalue weighted by molar-refractivity contribution is -0.384. The first-order chi connectivity index (χ1) is 15.0. The molecule has 1 aromatic heterocycles. The first-order valence-electron chi connectivity index (χ1n) is 9.31. The minimum absolute atomic E-state index is 0.0454. The van der Waals surface area contributed by atoms with Gasteiger partial charge in [-0.1, -0.05) is 18.2 Å². The summed E-state index contributed by atoms with van der Waals surface area (Å²) in [7, 11) is 0. The normalized spacial score (nSPS) is 15.1. The molecule has 1 atom stereocenters. The van der Waals surface area contributed by atoms with Crippen LogP contribution >= 0.6 is 0 Å². The van der Waals surface area contributed by atoms with E-state index in [2.05, 4.69) is 20.1 Å². The lowest BCUT2D eigenvalue weighted by atomic mass is 10.0. The first kappa shape index (κ1) is 20.3. The number of rotatable bonds is 7. The molecule has 2 heterocycles. The Morgan fingerprint density at radius 3 is 2.84 bits per heavy atom. The second kappa shape index (κ2) is 8.38. The summed E-state index contributed by atoms with van der Waals surface area (Å²) in [5.41, 5.74) is 1.83. The number of fused-ring (bicyclic) bond motifs is 1. The lowest BCUT2D eigenvalue weighted by Gasteiger charge is -2.25. The molecule has 1 aliphatic rings. The van der Waals surface area contributed by atoms with Crippen molar-refractivity contribution in [1.29, 1.82) is 0 Å². The summed E-state index contributed by atoms with van der Waals surface area (Å²) >= 11 is 0. The molecule has 0 saturated carbocycles. The highest BCUT2D eigenvalue weighted by atomic mass is 19.3. The van der Waals surface area contributed by atoms with Crippen LogP contribution in [0.3, 0.4) is 0 Å². The van der Waals surface area contributed by atoms with Crippen molar-refractivity contribution in [3.63, 3.8) is 0 Å². The molecular weight excluding hydrogens is 412 g/mol. The van der Waals surface area contributed by atoms with Crippen LogP contribution in [-0.4, -0.2) is 32.9 Å². The largest absolute Gasteiger partial charge is 0.490 e. The molecular formula is C20H17F2N5O4. The number of anilines is 1. The van der Waals surface area contributed by atoms with Gasteiger partial charge >= 0.3 is 6.61 Å². The topological polar surface area (TPSA) is 104 Å². The van der Waals surface area contributed by atoms with E-state index < -0.39 is 17.6 Å². The first-order valence-corrected chi connectivity index (χ1v) is 9.31. The molecule has 3 aromatic rings. The maximum atomic E-state index is 12.7. The van der Waals surface area contributed by atoms with E-state index in [1.165, 1.54) is 24.5 Å². The van der Waals surface area contributed by atoms with Crippen molar-refractivity contribution in [1.82, 2.24) is 14.8 Å². The number of alkyl halides is 2. The average molecular weight is 429 g/mol. The van der Waals surface area contributed by atoms with Gasteiger partial charge in [-0.25, -0.2) is 4.68 Å². The number of benzene rings is 2. The third-order valence-corrected chi connectivity index (χ3v) is 4.60. The number of nitro groups is 1. The molecule has 0 fully saturated rings. The molecule has 0 amide bonds. The summed E-state index contributed by atoms with van der Waals surface area (Å²) in [5, 5.41) is 18.5. The summed E-state index contributed by atoms with van der Waals surface area (Å²) in [4.78, 5) is 14.9. The fraction of sp³-hybridized carbons (Fsp3) is 0.200. The van der Waals surface area contributed by atoms with E-state index in [9.17, 15) is 18.9 Å². The maximum absolute atomic E-state index is 12.7. The number of nitrogens with one attached hydrogen (secondary N) is 1. The van der Waals surface area contributed by atoms with Gasteiger partial charge in [0.15, 0.2) is 11.5 Å². The minimum atomic E-state index is -2.98. The van der Waals surface area contributed by atoms with Crippen molar-refractivity contribution >= 4 is 17.3 Å². The van der Waals surface area contributed by atoms with Gasteiger partial charge in [-0.05, 0) is 30.7 Å². The smallest absolute Gasteiger partial charge is 0.387 e. The molecule has 160 valence electrons.